The van der Waals surface area contributed by atoms with Gasteiger partial charge < -0.3 is 11.1 Å². The molecule has 0 saturated heterocycles. The fourth-order valence-corrected chi connectivity index (χ4v) is 2.43. The largest absolute Gasteiger partial charge is 0.375 e. The number of carbonyl (C=O) groups excluding carboxylic acids is 1. The van der Waals surface area contributed by atoms with Crippen molar-refractivity contribution in [1.82, 2.24) is 4.37 Å². The zero-order chi connectivity index (χ0) is 12.1. The smallest absolute Gasteiger partial charge is 0.217 e. The lowest BCUT2D eigenvalue weighted by Crippen LogP contribution is -2.10. The number of nitrogens with one attached hydrogen (secondary N) is 1. The second-order valence-electron chi connectivity index (χ2n) is 3.88. The van der Waals surface area contributed by atoms with Crippen molar-refractivity contribution in [3.63, 3.8) is 0 Å². The fourth-order valence-electron chi connectivity index (χ4n) is 1.64. The van der Waals surface area contributed by atoms with Gasteiger partial charge in [0, 0.05) is 18.4 Å². The van der Waals surface area contributed by atoms with Crippen LogP contribution in [0.2, 0.25) is 0 Å². The van der Waals surface area contributed by atoms with Crippen LogP contribution in [0.25, 0.3) is 10.9 Å². The third kappa shape index (κ3) is 3.17. The van der Waals surface area contributed by atoms with Gasteiger partial charge in [0.05, 0.1) is 5.52 Å². The zero-order valence-corrected chi connectivity index (χ0v) is 10.3. The first kappa shape index (κ1) is 11.9. The monoisotopic (exact) mass is 249 g/mol. The highest BCUT2D eigenvalue weighted by atomic mass is 32.1. The summed E-state index contributed by atoms with van der Waals surface area (Å²) in [5.74, 6) is -0.228. The van der Waals surface area contributed by atoms with Crippen LogP contribution in [0, 0.1) is 0 Å². The summed E-state index contributed by atoms with van der Waals surface area (Å²) in [7, 11) is 0. The molecule has 0 aliphatic heterocycles. The normalized spacial score (nSPS) is 10.6. The van der Waals surface area contributed by atoms with Crippen LogP contribution < -0.4 is 11.1 Å². The van der Waals surface area contributed by atoms with Crippen molar-refractivity contribution in [3.05, 3.63) is 24.3 Å². The average molecular weight is 249 g/mol. The summed E-state index contributed by atoms with van der Waals surface area (Å²) < 4.78 is 4.35. The van der Waals surface area contributed by atoms with Gasteiger partial charge in [-0.2, -0.15) is 4.37 Å². The van der Waals surface area contributed by atoms with Crippen LogP contribution in [0.5, 0.6) is 0 Å². The minimum absolute atomic E-state index is 0.228. The third-order valence-corrected chi connectivity index (χ3v) is 3.35. The molecule has 90 valence electrons. The zero-order valence-electron chi connectivity index (χ0n) is 9.48. The number of primary amides is 1. The number of nitrogens with two attached hydrogens (primary N) is 1. The minimum atomic E-state index is -0.228. The molecule has 2 aromatic rings. The molecule has 0 aliphatic rings. The number of fused-ring (bicyclic) bond motifs is 1. The highest BCUT2D eigenvalue weighted by Gasteiger charge is 2.03. The lowest BCUT2D eigenvalue weighted by molar-refractivity contribution is -0.118. The van der Waals surface area contributed by atoms with Crippen LogP contribution in [0.15, 0.2) is 24.3 Å². The van der Waals surface area contributed by atoms with Gasteiger partial charge in [0.25, 0.3) is 0 Å². The number of anilines is 1. The summed E-state index contributed by atoms with van der Waals surface area (Å²) in [4.78, 5) is 10.6. The summed E-state index contributed by atoms with van der Waals surface area (Å²) >= 11 is 1.47. The molecular weight excluding hydrogens is 234 g/mol. The van der Waals surface area contributed by atoms with Gasteiger partial charge in [0.2, 0.25) is 5.91 Å². The molecule has 0 fully saturated rings. The standard InChI is InChI=1S/C12H15N3OS/c13-11(16)7-3-4-8-14-12-9-5-1-2-6-10(9)15-17-12/h1-2,5-6,14H,3-4,7-8H2,(H2,13,16). The molecule has 0 saturated carbocycles. The van der Waals surface area contributed by atoms with Gasteiger partial charge >= 0.3 is 0 Å². The second-order valence-corrected chi connectivity index (χ2v) is 4.65. The minimum Gasteiger partial charge on any atom is -0.375 e. The molecular formula is C12H15N3OS. The van der Waals surface area contributed by atoms with E-state index in [9.17, 15) is 4.79 Å². The highest BCUT2D eigenvalue weighted by Crippen LogP contribution is 2.27. The van der Waals surface area contributed by atoms with Crippen LogP contribution in [0.1, 0.15) is 19.3 Å². The van der Waals surface area contributed by atoms with Crippen LogP contribution >= 0.6 is 11.5 Å². The van der Waals surface area contributed by atoms with E-state index in [0.29, 0.717) is 6.42 Å². The number of aromatic nitrogens is 1. The number of carbonyl (C=O) groups is 1. The van der Waals surface area contributed by atoms with Crippen molar-refractivity contribution in [2.45, 2.75) is 19.3 Å². The molecule has 0 unspecified atom stereocenters. The van der Waals surface area contributed by atoms with Crippen LogP contribution in [0.4, 0.5) is 5.00 Å². The Labute approximate surface area is 104 Å². The molecule has 0 radical (unpaired) electrons. The molecule has 1 amide bonds. The van der Waals surface area contributed by atoms with Crippen molar-refractivity contribution < 1.29 is 4.79 Å². The van der Waals surface area contributed by atoms with E-state index in [-0.39, 0.29) is 5.91 Å². The molecule has 1 aromatic heterocycles. The molecule has 4 nitrogen and oxygen atoms in total. The van der Waals surface area contributed by atoms with Gasteiger partial charge in [-0.05, 0) is 36.5 Å². The van der Waals surface area contributed by atoms with Gasteiger partial charge in [0.15, 0.2) is 0 Å². The molecule has 2 rings (SSSR count). The van der Waals surface area contributed by atoms with Crippen molar-refractivity contribution in [1.29, 1.82) is 0 Å². The van der Waals surface area contributed by atoms with Gasteiger partial charge in [0.1, 0.15) is 5.00 Å². The number of benzene rings is 1. The van der Waals surface area contributed by atoms with E-state index in [2.05, 4.69) is 15.8 Å². The summed E-state index contributed by atoms with van der Waals surface area (Å²) in [6.45, 7) is 0.847. The SMILES string of the molecule is NC(=O)CCCCNc1snc2ccccc12. The van der Waals surface area contributed by atoms with Crippen molar-refractivity contribution >= 4 is 33.3 Å². The summed E-state index contributed by atoms with van der Waals surface area (Å²) in [6.07, 6.45) is 2.24. The van der Waals surface area contributed by atoms with E-state index in [1.165, 1.54) is 11.5 Å². The molecule has 5 heteroatoms. The maximum absolute atomic E-state index is 10.6. The molecule has 17 heavy (non-hydrogen) atoms. The summed E-state index contributed by atoms with van der Waals surface area (Å²) in [5.41, 5.74) is 6.10. The number of amides is 1. The first-order valence-corrected chi connectivity index (χ1v) is 6.41. The first-order chi connectivity index (χ1) is 8.27. The Morgan fingerprint density at radius 3 is 3.00 bits per heavy atom. The van der Waals surface area contributed by atoms with E-state index in [0.717, 1.165) is 35.3 Å². The van der Waals surface area contributed by atoms with E-state index in [4.69, 9.17) is 5.73 Å². The Morgan fingerprint density at radius 2 is 2.18 bits per heavy atom. The Kier molecular flexibility index (Phi) is 3.93. The van der Waals surface area contributed by atoms with Crippen molar-refractivity contribution in [2.75, 3.05) is 11.9 Å². The summed E-state index contributed by atoms with van der Waals surface area (Å²) in [5, 5.41) is 5.60. The molecule has 1 aromatic carbocycles. The predicted molar refractivity (Wildman–Crippen MR) is 71.2 cm³/mol. The topological polar surface area (TPSA) is 68.0 Å². The van der Waals surface area contributed by atoms with E-state index >= 15 is 0 Å². The summed E-state index contributed by atoms with van der Waals surface area (Å²) in [6, 6.07) is 8.06. The van der Waals surface area contributed by atoms with Gasteiger partial charge in [-0.15, -0.1) is 0 Å². The van der Waals surface area contributed by atoms with Crippen LogP contribution in [-0.2, 0) is 4.79 Å². The van der Waals surface area contributed by atoms with Gasteiger partial charge in [-0.25, -0.2) is 0 Å². The maximum Gasteiger partial charge on any atom is 0.217 e. The molecule has 1 heterocycles. The van der Waals surface area contributed by atoms with Crippen LogP contribution in [-0.4, -0.2) is 16.8 Å². The quantitative estimate of drug-likeness (QED) is 0.772. The molecule has 0 bridgehead atoms. The predicted octanol–water partition coefficient (Wildman–Crippen LogP) is 2.36. The lowest BCUT2D eigenvalue weighted by Gasteiger charge is -2.02. The lowest BCUT2D eigenvalue weighted by atomic mass is 10.2. The van der Waals surface area contributed by atoms with E-state index < -0.39 is 0 Å². The number of hydrogen-bond donors (Lipinski definition) is 2. The molecule has 0 spiro atoms. The number of nitrogens with zero attached hydrogens (tertiary/aromatic N) is 1. The fraction of sp³-hybridized carbons (Fsp3) is 0.333. The Bertz CT molecular complexity index is 509. The molecule has 0 atom stereocenters. The van der Waals surface area contributed by atoms with E-state index in [1.807, 2.05) is 18.2 Å². The third-order valence-electron chi connectivity index (χ3n) is 2.52. The highest BCUT2D eigenvalue weighted by molar-refractivity contribution is 7.11. The number of rotatable bonds is 6. The molecule has 0 aliphatic carbocycles. The van der Waals surface area contributed by atoms with Crippen LogP contribution in [0.3, 0.4) is 0 Å². The van der Waals surface area contributed by atoms with Crippen molar-refractivity contribution in [3.8, 4) is 0 Å². The maximum atomic E-state index is 10.6. The number of hydrogen-bond acceptors (Lipinski definition) is 4. The van der Waals surface area contributed by atoms with Gasteiger partial charge in [-0.3, -0.25) is 4.79 Å². The molecule has 3 N–H and O–H groups in total. The van der Waals surface area contributed by atoms with Crippen molar-refractivity contribution in [2.24, 2.45) is 5.73 Å². The number of unbranched alkanes of at least 4 members (excludes halogenated alkanes) is 1. The average Bonchev–Trinajstić information content (AvgIpc) is 2.72. The van der Waals surface area contributed by atoms with E-state index in [1.54, 1.807) is 0 Å². The van der Waals surface area contributed by atoms with Gasteiger partial charge in [-0.1, -0.05) is 12.1 Å². The second kappa shape index (κ2) is 5.63. The Morgan fingerprint density at radius 1 is 1.35 bits per heavy atom. The Balaban J connectivity index is 1.85. The Hall–Kier alpha value is -1.62. The first-order valence-electron chi connectivity index (χ1n) is 5.64.